The van der Waals surface area contributed by atoms with Crippen LogP contribution in [0.4, 0.5) is 4.39 Å². The monoisotopic (exact) mass is 371 g/mol. The molecule has 2 rings (SSSR count). The van der Waals surface area contributed by atoms with Gasteiger partial charge in [-0.25, -0.2) is 4.39 Å². The molecule has 2 nitrogen and oxygen atoms in total. The van der Waals surface area contributed by atoms with E-state index in [9.17, 15) is 4.39 Å². The number of hydrogen-bond donors (Lipinski definition) is 1. The molecule has 0 saturated heterocycles. The van der Waals surface area contributed by atoms with Crippen molar-refractivity contribution in [2.75, 3.05) is 6.54 Å². The van der Waals surface area contributed by atoms with Crippen molar-refractivity contribution in [2.45, 2.75) is 13.0 Å². The molecule has 0 aromatic heterocycles. The van der Waals surface area contributed by atoms with E-state index in [1.165, 1.54) is 9.64 Å². The molecule has 0 unspecified atom stereocenters. The number of nitrogens with two attached hydrogens (primary N) is 1. The molecule has 2 aromatic carbocycles. The summed E-state index contributed by atoms with van der Waals surface area (Å²) < 4.78 is 20.4. The van der Waals surface area contributed by atoms with Crippen molar-refractivity contribution in [1.82, 2.24) is 0 Å². The minimum atomic E-state index is -0.337. The Bertz CT molecular complexity index is 542. The highest BCUT2D eigenvalue weighted by atomic mass is 127. The van der Waals surface area contributed by atoms with E-state index in [0.29, 0.717) is 19.6 Å². The van der Waals surface area contributed by atoms with E-state index in [0.717, 1.165) is 11.1 Å². The molecule has 100 valence electrons. The lowest BCUT2D eigenvalue weighted by atomic mass is 10.1. The van der Waals surface area contributed by atoms with Crippen LogP contribution in [0.1, 0.15) is 11.1 Å². The number of rotatable bonds is 5. The molecule has 0 aliphatic rings. The zero-order valence-electron chi connectivity index (χ0n) is 10.4. The third kappa shape index (κ3) is 4.18. The molecule has 0 spiro atoms. The van der Waals surface area contributed by atoms with E-state index < -0.39 is 0 Å². The van der Waals surface area contributed by atoms with Crippen molar-refractivity contribution >= 4 is 22.6 Å². The molecule has 0 bridgehead atoms. The summed E-state index contributed by atoms with van der Waals surface area (Å²) in [4.78, 5) is 0. The normalized spacial score (nSPS) is 10.5. The predicted octanol–water partition coefficient (Wildman–Crippen LogP) is 3.51. The van der Waals surface area contributed by atoms with E-state index in [-0.39, 0.29) is 11.6 Å². The Hall–Kier alpha value is -1.14. The summed E-state index contributed by atoms with van der Waals surface area (Å²) in [6.45, 7) is 0.881. The van der Waals surface area contributed by atoms with Crippen molar-refractivity contribution in [3.8, 4) is 5.75 Å². The summed E-state index contributed by atoms with van der Waals surface area (Å²) in [5.41, 5.74) is 7.35. The average Bonchev–Trinajstić information content (AvgIpc) is 2.40. The molecule has 2 aromatic rings. The Morgan fingerprint density at radius 2 is 1.74 bits per heavy atom. The van der Waals surface area contributed by atoms with Crippen molar-refractivity contribution in [3.63, 3.8) is 0 Å². The van der Waals surface area contributed by atoms with Gasteiger partial charge in [0.05, 0.1) is 0 Å². The highest BCUT2D eigenvalue weighted by molar-refractivity contribution is 14.1. The summed E-state index contributed by atoms with van der Waals surface area (Å²) in [7, 11) is 0. The molecular formula is C15H15FINO. The van der Waals surface area contributed by atoms with Crippen molar-refractivity contribution in [2.24, 2.45) is 5.73 Å². The van der Waals surface area contributed by atoms with Crippen LogP contribution in [0.25, 0.3) is 0 Å². The highest BCUT2D eigenvalue weighted by Crippen LogP contribution is 2.20. The smallest absolute Gasteiger partial charge is 0.165 e. The molecule has 0 fully saturated rings. The van der Waals surface area contributed by atoms with Gasteiger partial charge in [0, 0.05) is 3.57 Å². The fourth-order valence-electron chi connectivity index (χ4n) is 1.73. The van der Waals surface area contributed by atoms with Gasteiger partial charge >= 0.3 is 0 Å². The van der Waals surface area contributed by atoms with Gasteiger partial charge < -0.3 is 10.5 Å². The summed E-state index contributed by atoms with van der Waals surface area (Å²) in [5, 5.41) is 0. The summed E-state index contributed by atoms with van der Waals surface area (Å²) in [6, 6.07) is 12.9. The third-order valence-electron chi connectivity index (χ3n) is 2.74. The lowest BCUT2D eigenvalue weighted by Gasteiger charge is -2.08. The molecule has 0 aliphatic carbocycles. The SMILES string of the molecule is NCCc1ccc(OCc2ccc(I)cc2)c(F)c1. The van der Waals surface area contributed by atoms with E-state index in [1.807, 2.05) is 30.3 Å². The zero-order chi connectivity index (χ0) is 13.7. The van der Waals surface area contributed by atoms with Crippen LogP contribution in [0.5, 0.6) is 5.75 Å². The van der Waals surface area contributed by atoms with Crippen molar-refractivity contribution in [1.29, 1.82) is 0 Å². The zero-order valence-corrected chi connectivity index (χ0v) is 12.6. The Morgan fingerprint density at radius 1 is 1.05 bits per heavy atom. The fraction of sp³-hybridized carbons (Fsp3) is 0.200. The van der Waals surface area contributed by atoms with Gasteiger partial charge in [-0.05, 0) is 70.9 Å². The molecule has 0 aliphatic heterocycles. The molecule has 0 radical (unpaired) electrons. The lowest BCUT2D eigenvalue weighted by Crippen LogP contribution is -2.03. The standard InChI is InChI=1S/C15H15FINO/c16-14-9-11(7-8-18)3-6-15(14)19-10-12-1-4-13(17)5-2-12/h1-6,9H,7-8,10,18H2. The maximum Gasteiger partial charge on any atom is 0.165 e. The van der Waals surface area contributed by atoms with Crippen LogP contribution in [-0.4, -0.2) is 6.54 Å². The van der Waals surface area contributed by atoms with E-state index in [2.05, 4.69) is 22.6 Å². The van der Waals surface area contributed by atoms with Crippen molar-refractivity contribution < 1.29 is 9.13 Å². The first-order valence-electron chi connectivity index (χ1n) is 6.05. The number of halogens is 2. The Kier molecular flexibility index (Phi) is 5.15. The van der Waals surface area contributed by atoms with Crippen LogP contribution in [0.2, 0.25) is 0 Å². The molecule has 0 atom stereocenters. The quantitative estimate of drug-likeness (QED) is 0.817. The number of ether oxygens (including phenoxy) is 1. The van der Waals surface area contributed by atoms with E-state index >= 15 is 0 Å². The number of hydrogen-bond acceptors (Lipinski definition) is 2. The maximum absolute atomic E-state index is 13.8. The van der Waals surface area contributed by atoms with Crippen LogP contribution >= 0.6 is 22.6 Å². The first-order chi connectivity index (χ1) is 9.19. The largest absolute Gasteiger partial charge is 0.486 e. The Morgan fingerprint density at radius 3 is 2.37 bits per heavy atom. The van der Waals surface area contributed by atoms with Crippen LogP contribution in [0, 0.1) is 9.39 Å². The first kappa shape index (κ1) is 14.3. The highest BCUT2D eigenvalue weighted by Gasteiger charge is 2.05. The van der Waals surface area contributed by atoms with Crippen LogP contribution in [0.3, 0.4) is 0 Å². The predicted molar refractivity (Wildman–Crippen MR) is 82.6 cm³/mol. The van der Waals surface area contributed by atoms with Gasteiger partial charge in [-0.15, -0.1) is 0 Å². The Balaban J connectivity index is 2.01. The van der Waals surface area contributed by atoms with E-state index in [4.69, 9.17) is 10.5 Å². The third-order valence-corrected chi connectivity index (χ3v) is 3.46. The fourth-order valence-corrected chi connectivity index (χ4v) is 2.08. The van der Waals surface area contributed by atoms with E-state index in [1.54, 1.807) is 6.07 Å². The Labute approximate surface area is 125 Å². The molecule has 0 amide bonds. The van der Waals surface area contributed by atoms with Gasteiger partial charge in [0.25, 0.3) is 0 Å². The first-order valence-corrected chi connectivity index (χ1v) is 7.12. The topological polar surface area (TPSA) is 35.2 Å². The van der Waals surface area contributed by atoms with Gasteiger partial charge in [0.15, 0.2) is 11.6 Å². The molecule has 4 heteroatoms. The van der Waals surface area contributed by atoms with Crippen LogP contribution in [-0.2, 0) is 13.0 Å². The minimum Gasteiger partial charge on any atom is -0.486 e. The molecule has 2 N–H and O–H groups in total. The summed E-state index contributed by atoms with van der Waals surface area (Å²) in [6.07, 6.45) is 0.675. The van der Waals surface area contributed by atoms with Gasteiger partial charge in [-0.2, -0.15) is 0 Å². The average molecular weight is 371 g/mol. The minimum absolute atomic E-state index is 0.277. The van der Waals surface area contributed by atoms with Gasteiger partial charge in [-0.1, -0.05) is 18.2 Å². The van der Waals surface area contributed by atoms with Gasteiger partial charge in [0.2, 0.25) is 0 Å². The maximum atomic E-state index is 13.8. The summed E-state index contributed by atoms with van der Waals surface area (Å²) >= 11 is 2.24. The lowest BCUT2D eigenvalue weighted by molar-refractivity contribution is 0.290. The van der Waals surface area contributed by atoms with Crippen LogP contribution < -0.4 is 10.5 Å². The second-order valence-corrected chi connectivity index (χ2v) is 5.46. The molecule has 19 heavy (non-hydrogen) atoms. The molecule has 0 heterocycles. The summed E-state index contributed by atoms with van der Waals surface area (Å²) in [5.74, 6) is -0.0595. The van der Waals surface area contributed by atoms with Crippen LogP contribution in [0.15, 0.2) is 42.5 Å². The molecule has 0 saturated carbocycles. The second-order valence-electron chi connectivity index (χ2n) is 4.22. The van der Waals surface area contributed by atoms with Crippen molar-refractivity contribution in [3.05, 3.63) is 63.0 Å². The second kappa shape index (κ2) is 6.86. The molecular weight excluding hydrogens is 356 g/mol. The van der Waals surface area contributed by atoms with Gasteiger partial charge in [0.1, 0.15) is 6.61 Å². The van der Waals surface area contributed by atoms with Gasteiger partial charge in [-0.3, -0.25) is 0 Å². The number of benzene rings is 2.